The first-order valence-corrected chi connectivity index (χ1v) is 6.47. The number of aromatic nitrogens is 2. The standard InChI is InChI=1S/C12H18ClN3O/c1-17-9-10-3-2-4-16(8-10)12-14-6-11(5-13)7-15-12/h6-7,10H,2-5,8-9H2,1H3. The van der Waals surface area contributed by atoms with E-state index in [4.69, 9.17) is 16.3 Å². The number of hydrogen-bond donors (Lipinski definition) is 0. The summed E-state index contributed by atoms with van der Waals surface area (Å²) < 4.78 is 5.22. The Hall–Kier alpha value is -0.870. The Morgan fingerprint density at radius 2 is 2.24 bits per heavy atom. The van der Waals surface area contributed by atoms with E-state index in [0.29, 0.717) is 11.8 Å². The number of hydrogen-bond acceptors (Lipinski definition) is 4. The zero-order valence-corrected chi connectivity index (χ0v) is 10.9. The highest BCUT2D eigenvalue weighted by Gasteiger charge is 2.21. The first kappa shape index (κ1) is 12.6. The van der Waals surface area contributed by atoms with Crippen LogP contribution in [-0.4, -0.2) is 36.8 Å². The van der Waals surface area contributed by atoms with E-state index in [9.17, 15) is 0 Å². The normalized spacial score (nSPS) is 20.6. The van der Waals surface area contributed by atoms with Gasteiger partial charge in [-0.3, -0.25) is 0 Å². The van der Waals surface area contributed by atoms with Crippen LogP contribution in [-0.2, 0) is 10.6 Å². The smallest absolute Gasteiger partial charge is 0.225 e. The molecule has 1 saturated heterocycles. The van der Waals surface area contributed by atoms with Gasteiger partial charge in [0.05, 0.1) is 12.5 Å². The van der Waals surface area contributed by atoms with Crippen LogP contribution in [0.5, 0.6) is 0 Å². The first-order chi connectivity index (χ1) is 8.33. The molecule has 0 aromatic carbocycles. The van der Waals surface area contributed by atoms with E-state index in [1.807, 2.05) is 0 Å². The Bertz CT molecular complexity index is 342. The predicted octanol–water partition coefficient (Wildman–Crippen LogP) is 2.08. The first-order valence-electron chi connectivity index (χ1n) is 5.94. The molecule has 0 bridgehead atoms. The predicted molar refractivity (Wildman–Crippen MR) is 68.4 cm³/mol. The number of piperidine rings is 1. The van der Waals surface area contributed by atoms with Crippen molar-refractivity contribution in [2.24, 2.45) is 5.92 Å². The van der Waals surface area contributed by atoms with Crippen molar-refractivity contribution in [3.05, 3.63) is 18.0 Å². The zero-order chi connectivity index (χ0) is 12.1. The minimum Gasteiger partial charge on any atom is -0.384 e. The van der Waals surface area contributed by atoms with Gasteiger partial charge in [0.25, 0.3) is 0 Å². The van der Waals surface area contributed by atoms with Crippen LogP contribution in [0.2, 0.25) is 0 Å². The van der Waals surface area contributed by atoms with Crippen LogP contribution < -0.4 is 4.90 Å². The van der Waals surface area contributed by atoms with Crippen molar-refractivity contribution in [2.75, 3.05) is 31.7 Å². The third-order valence-corrected chi connectivity index (χ3v) is 3.36. The summed E-state index contributed by atoms with van der Waals surface area (Å²) in [5, 5.41) is 0. The topological polar surface area (TPSA) is 38.2 Å². The van der Waals surface area contributed by atoms with E-state index in [1.54, 1.807) is 19.5 Å². The number of methoxy groups -OCH3 is 1. The van der Waals surface area contributed by atoms with Crippen molar-refractivity contribution in [3.8, 4) is 0 Å². The lowest BCUT2D eigenvalue weighted by atomic mass is 9.99. The van der Waals surface area contributed by atoms with Crippen LogP contribution in [0.3, 0.4) is 0 Å². The Morgan fingerprint density at radius 1 is 1.47 bits per heavy atom. The molecule has 1 aromatic heterocycles. The van der Waals surface area contributed by atoms with Gasteiger partial charge in [-0.25, -0.2) is 9.97 Å². The lowest BCUT2D eigenvalue weighted by Crippen LogP contribution is -2.38. The molecule has 1 aromatic rings. The second-order valence-electron chi connectivity index (χ2n) is 4.43. The molecule has 2 heterocycles. The van der Waals surface area contributed by atoms with Gasteiger partial charge in [-0.1, -0.05) is 0 Å². The van der Waals surface area contributed by atoms with Gasteiger partial charge in [0, 0.05) is 38.2 Å². The van der Waals surface area contributed by atoms with E-state index in [0.717, 1.165) is 31.2 Å². The molecule has 1 aliphatic heterocycles. The molecule has 0 saturated carbocycles. The van der Waals surface area contributed by atoms with Crippen LogP contribution in [0.4, 0.5) is 5.95 Å². The van der Waals surface area contributed by atoms with Gasteiger partial charge in [0.15, 0.2) is 0 Å². The molecule has 1 fully saturated rings. The maximum absolute atomic E-state index is 5.72. The van der Waals surface area contributed by atoms with Crippen molar-refractivity contribution in [2.45, 2.75) is 18.7 Å². The number of anilines is 1. The van der Waals surface area contributed by atoms with Gasteiger partial charge in [0.1, 0.15) is 0 Å². The summed E-state index contributed by atoms with van der Waals surface area (Å²) in [6.07, 6.45) is 6.00. The quantitative estimate of drug-likeness (QED) is 0.772. The van der Waals surface area contributed by atoms with E-state index >= 15 is 0 Å². The molecule has 0 aliphatic carbocycles. The molecule has 1 unspecified atom stereocenters. The molecule has 0 radical (unpaired) electrons. The third kappa shape index (κ3) is 3.30. The average molecular weight is 256 g/mol. The van der Waals surface area contributed by atoms with Crippen LogP contribution in [0.25, 0.3) is 0 Å². The Kier molecular flexibility index (Phi) is 4.57. The fraction of sp³-hybridized carbons (Fsp3) is 0.667. The molecule has 0 amide bonds. The van der Waals surface area contributed by atoms with E-state index < -0.39 is 0 Å². The number of nitrogens with zero attached hydrogens (tertiary/aromatic N) is 3. The summed E-state index contributed by atoms with van der Waals surface area (Å²) in [7, 11) is 1.75. The van der Waals surface area contributed by atoms with Gasteiger partial charge < -0.3 is 9.64 Å². The van der Waals surface area contributed by atoms with E-state index in [2.05, 4.69) is 14.9 Å². The van der Waals surface area contributed by atoms with Crippen molar-refractivity contribution >= 4 is 17.5 Å². The van der Waals surface area contributed by atoms with Crippen molar-refractivity contribution in [1.82, 2.24) is 9.97 Å². The maximum Gasteiger partial charge on any atom is 0.225 e. The third-order valence-electron chi connectivity index (χ3n) is 3.05. The molecule has 2 rings (SSSR count). The van der Waals surface area contributed by atoms with Crippen molar-refractivity contribution < 1.29 is 4.74 Å². The van der Waals surface area contributed by atoms with E-state index in [-0.39, 0.29) is 0 Å². The van der Waals surface area contributed by atoms with Crippen molar-refractivity contribution in [1.29, 1.82) is 0 Å². The second-order valence-corrected chi connectivity index (χ2v) is 4.70. The minimum atomic E-state index is 0.465. The highest BCUT2D eigenvalue weighted by Crippen LogP contribution is 2.20. The lowest BCUT2D eigenvalue weighted by Gasteiger charge is -2.32. The fourth-order valence-corrected chi connectivity index (χ4v) is 2.34. The SMILES string of the molecule is COCC1CCCN(c2ncc(CCl)cn2)C1. The zero-order valence-electron chi connectivity index (χ0n) is 10.1. The molecule has 0 N–H and O–H groups in total. The molecule has 0 spiro atoms. The average Bonchev–Trinajstić information content (AvgIpc) is 2.40. The molecule has 17 heavy (non-hydrogen) atoms. The summed E-state index contributed by atoms with van der Waals surface area (Å²) in [4.78, 5) is 10.9. The summed E-state index contributed by atoms with van der Waals surface area (Å²) >= 11 is 5.72. The molecular weight excluding hydrogens is 238 g/mol. The van der Waals surface area contributed by atoms with Crippen LogP contribution in [0.1, 0.15) is 18.4 Å². The summed E-state index contributed by atoms with van der Waals surface area (Å²) in [5.74, 6) is 1.86. The number of halogens is 1. The number of ether oxygens (including phenoxy) is 1. The van der Waals surface area contributed by atoms with Crippen LogP contribution in [0.15, 0.2) is 12.4 Å². The monoisotopic (exact) mass is 255 g/mol. The summed E-state index contributed by atoms with van der Waals surface area (Å²) in [5.41, 5.74) is 0.959. The molecule has 1 aliphatic rings. The lowest BCUT2D eigenvalue weighted by molar-refractivity contribution is 0.143. The van der Waals surface area contributed by atoms with Gasteiger partial charge in [0.2, 0.25) is 5.95 Å². The highest BCUT2D eigenvalue weighted by molar-refractivity contribution is 6.17. The summed E-state index contributed by atoms with van der Waals surface area (Å²) in [6.45, 7) is 2.82. The van der Waals surface area contributed by atoms with Gasteiger partial charge in [-0.15, -0.1) is 11.6 Å². The van der Waals surface area contributed by atoms with Crippen LogP contribution in [0, 0.1) is 5.92 Å². The maximum atomic E-state index is 5.72. The molecule has 4 nitrogen and oxygen atoms in total. The van der Waals surface area contributed by atoms with Gasteiger partial charge >= 0.3 is 0 Å². The molecular formula is C12H18ClN3O. The Morgan fingerprint density at radius 3 is 2.88 bits per heavy atom. The minimum absolute atomic E-state index is 0.465. The van der Waals surface area contributed by atoms with E-state index in [1.165, 1.54) is 12.8 Å². The Balaban J connectivity index is 2.00. The van der Waals surface area contributed by atoms with Crippen LogP contribution >= 0.6 is 11.6 Å². The number of rotatable bonds is 4. The van der Waals surface area contributed by atoms with Gasteiger partial charge in [-0.2, -0.15) is 0 Å². The number of alkyl halides is 1. The Labute approximate surface area is 107 Å². The van der Waals surface area contributed by atoms with Gasteiger partial charge in [-0.05, 0) is 18.8 Å². The summed E-state index contributed by atoms with van der Waals surface area (Å²) in [6, 6.07) is 0. The van der Waals surface area contributed by atoms with Crippen molar-refractivity contribution in [3.63, 3.8) is 0 Å². The fourth-order valence-electron chi connectivity index (χ4n) is 2.20. The molecule has 5 heteroatoms. The second kappa shape index (κ2) is 6.17. The molecule has 94 valence electrons. The molecule has 1 atom stereocenters. The highest BCUT2D eigenvalue weighted by atomic mass is 35.5. The largest absolute Gasteiger partial charge is 0.384 e.